The molecular formula is C14H22N6. The summed E-state index contributed by atoms with van der Waals surface area (Å²) in [5.41, 5.74) is 9.31. The van der Waals surface area contributed by atoms with Crippen molar-refractivity contribution in [3.05, 3.63) is 5.69 Å². The summed E-state index contributed by atoms with van der Waals surface area (Å²) in [6.07, 6.45) is 4.80. The third-order valence-electron chi connectivity index (χ3n) is 4.72. The van der Waals surface area contributed by atoms with Gasteiger partial charge in [0.05, 0.1) is 11.7 Å². The molecule has 1 unspecified atom stereocenters. The molecule has 0 aromatic carbocycles. The lowest BCUT2D eigenvalue weighted by molar-refractivity contribution is 0.315. The minimum absolute atomic E-state index is 0.445. The molecule has 4 rings (SSSR count). The molecule has 20 heavy (non-hydrogen) atoms. The first-order valence-corrected chi connectivity index (χ1v) is 7.62. The number of rotatable bonds is 3. The lowest BCUT2D eigenvalue weighted by Gasteiger charge is -2.17. The van der Waals surface area contributed by atoms with Crippen LogP contribution in [-0.4, -0.2) is 43.4 Å². The second-order valence-corrected chi connectivity index (χ2v) is 6.10. The Kier molecular flexibility index (Phi) is 2.57. The molecule has 1 aliphatic carbocycles. The average molecular weight is 274 g/mol. The van der Waals surface area contributed by atoms with Crippen molar-refractivity contribution in [3.63, 3.8) is 0 Å². The van der Waals surface area contributed by atoms with Crippen molar-refractivity contribution >= 4 is 17.1 Å². The van der Waals surface area contributed by atoms with E-state index in [-0.39, 0.29) is 0 Å². The number of aromatic nitrogens is 4. The van der Waals surface area contributed by atoms with E-state index in [1.807, 2.05) is 11.7 Å². The molecule has 2 fully saturated rings. The van der Waals surface area contributed by atoms with E-state index in [9.17, 15) is 0 Å². The molecule has 1 aliphatic heterocycles. The Labute approximate surface area is 118 Å². The second-order valence-electron chi connectivity index (χ2n) is 6.10. The van der Waals surface area contributed by atoms with Crippen molar-refractivity contribution in [3.8, 4) is 0 Å². The monoisotopic (exact) mass is 274 g/mol. The van der Waals surface area contributed by atoms with Crippen molar-refractivity contribution in [2.75, 3.05) is 18.8 Å². The number of aryl methyl sites for hydroxylation is 2. The Balaban J connectivity index is 1.75. The number of nitrogen functional groups attached to an aromatic ring is 1. The zero-order chi connectivity index (χ0) is 13.9. The number of nitrogens with zero attached hydrogens (tertiary/aromatic N) is 5. The molecule has 3 heterocycles. The van der Waals surface area contributed by atoms with Crippen LogP contribution in [0.1, 0.15) is 37.9 Å². The van der Waals surface area contributed by atoms with Crippen molar-refractivity contribution in [1.82, 2.24) is 24.2 Å². The first-order valence-electron chi connectivity index (χ1n) is 7.62. The van der Waals surface area contributed by atoms with Gasteiger partial charge in [-0.2, -0.15) is 5.10 Å². The van der Waals surface area contributed by atoms with E-state index in [2.05, 4.69) is 26.5 Å². The van der Waals surface area contributed by atoms with Crippen LogP contribution in [0.2, 0.25) is 0 Å². The predicted molar refractivity (Wildman–Crippen MR) is 78.5 cm³/mol. The SMILES string of the molecule is CCc1nn(C)c2c1nc(N)n2C1CCN(C2CC2)C1. The van der Waals surface area contributed by atoms with E-state index in [1.165, 1.54) is 25.8 Å². The first kappa shape index (κ1) is 12.2. The molecule has 1 saturated carbocycles. The van der Waals surface area contributed by atoms with Crippen LogP contribution < -0.4 is 5.73 Å². The van der Waals surface area contributed by atoms with Gasteiger partial charge in [0.1, 0.15) is 5.52 Å². The summed E-state index contributed by atoms with van der Waals surface area (Å²) in [4.78, 5) is 7.18. The maximum atomic E-state index is 6.20. The van der Waals surface area contributed by atoms with Crippen molar-refractivity contribution in [1.29, 1.82) is 0 Å². The number of anilines is 1. The molecule has 2 N–H and O–H groups in total. The Morgan fingerprint density at radius 3 is 2.75 bits per heavy atom. The van der Waals surface area contributed by atoms with E-state index in [4.69, 9.17) is 5.73 Å². The molecule has 2 aromatic rings. The van der Waals surface area contributed by atoms with E-state index in [1.54, 1.807) is 0 Å². The van der Waals surface area contributed by atoms with Gasteiger partial charge in [-0.25, -0.2) is 4.98 Å². The normalized spacial score (nSPS) is 24.0. The Morgan fingerprint density at radius 2 is 2.05 bits per heavy atom. The largest absolute Gasteiger partial charge is 0.369 e. The van der Waals surface area contributed by atoms with Crippen LogP contribution in [0, 0.1) is 0 Å². The van der Waals surface area contributed by atoms with Crippen LogP contribution in [0.5, 0.6) is 0 Å². The highest BCUT2D eigenvalue weighted by Gasteiger charge is 2.36. The zero-order valence-corrected chi connectivity index (χ0v) is 12.2. The summed E-state index contributed by atoms with van der Waals surface area (Å²) in [6.45, 7) is 4.40. The van der Waals surface area contributed by atoms with Gasteiger partial charge in [-0.3, -0.25) is 14.1 Å². The molecule has 0 spiro atoms. The molecule has 2 aromatic heterocycles. The lowest BCUT2D eigenvalue weighted by Crippen LogP contribution is -2.24. The number of likely N-dealkylation sites (tertiary alicyclic amines) is 1. The quantitative estimate of drug-likeness (QED) is 0.917. The molecule has 2 aliphatic rings. The molecule has 1 atom stereocenters. The van der Waals surface area contributed by atoms with Crippen molar-refractivity contribution in [2.24, 2.45) is 7.05 Å². The molecule has 6 nitrogen and oxygen atoms in total. The molecule has 6 heteroatoms. The van der Waals surface area contributed by atoms with E-state index in [0.29, 0.717) is 12.0 Å². The number of hydrogen-bond acceptors (Lipinski definition) is 4. The number of fused-ring (bicyclic) bond motifs is 1. The zero-order valence-electron chi connectivity index (χ0n) is 12.2. The molecule has 1 saturated heterocycles. The molecule has 0 bridgehead atoms. The second kappa shape index (κ2) is 4.22. The highest BCUT2D eigenvalue weighted by molar-refractivity contribution is 5.78. The molecule has 0 amide bonds. The summed E-state index contributed by atoms with van der Waals surface area (Å²) in [7, 11) is 1.99. The van der Waals surface area contributed by atoms with Crippen molar-refractivity contribution in [2.45, 2.75) is 44.7 Å². The Morgan fingerprint density at radius 1 is 1.25 bits per heavy atom. The third kappa shape index (κ3) is 1.67. The standard InChI is InChI=1S/C14H22N6/c1-3-11-12-13(18(2)17-11)20(14(15)16-12)10-6-7-19(8-10)9-4-5-9/h9-10H,3-8H2,1-2H3,(H2,15,16). The van der Waals surface area contributed by atoms with Gasteiger partial charge in [0.15, 0.2) is 5.65 Å². The van der Waals surface area contributed by atoms with E-state index < -0.39 is 0 Å². The molecule has 0 radical (unpaired) electrons. The minimum atomic E-state index is 0.445. The van der Waals surface area contributed by atoms with Crippen molar-refractivity contribution < 1.29 is 0 Å². The molecular weight excluding hydrogens is 252 g/mol. The summed E-state index contributed by atoms with van der Waals surface area (Å²) < 4.78 is 4.15. The van der Waals surface area contributed by atoms with Crippen LogP contribution in [0.25, 0.3) is 11.2 Å². The van der Waals surface area contributed by atoms with E-state index in [0.717, 1.165) is 35.9 Å². The number of hydrogen-bond donors (Lipinski definition) is 1. The number of imidazole rings is 1. The summed E-state index contributed by atoms with van der Waals surface area (Å²) in [5, 5.41) is 4.57. The lowest BCUT2D eigenvalue weighted by atomic mass is 10.2. The van der Waals surface area contributed by atoms with Gasteiger partial charge in [-0.15, -0.1) is 0 Å². The van der Waals surface area contributed by atoms with Gasteiger partial charge in [-0.1, -0.05) is 6.92 Å². The predicted octanol–water partition coefficient (Wildman–Crippen LogP) is 1.32. The smallest absolute Gasteiger partial charge is 0.202 e. The average Bonchev–Trinajstić information content (AvgIpc) is 2.95. The Hall–Kier alpha value is -1.56. The first-order chi connectivity index (χ1) is 9.69. The fraction of sp³-hybridized carbons (Fsp3) is 0.714. The van der Waals surface area contributed by atoms with Gasteiger partial charge in [0, 0.05) is 26.2 Å². The fourth-order valence-corrected chi connectivity index (χ4v) is 3.57. The number of nitrogens with two attached hydrogens (primary N) is 1. The minimum Gasteiger partial charge on any atom is -0.369 e. The van der Waals surface area contributed by atoms with Crippen LogP contribution in [0.15, 0.2) is 0 Å². The maximum Gasteiger partial charge on any atom is 0.202 e. The molecule has 108 valence electrons. The summed E-state index contributed by atoms with van der Waals surface area (Å²) >= 11 is 0. The van der Waals surface area contributed by atoms with Gasteiger partial charge in [-0.05, 0) is 25.7 Å². The van der Waals surface area contributed by atoms with Crippen LogP contribution in [-0.2, 0) is 13.5 Å². The van der Waals surface area contributed by atoms with Gasteiger partial charge >= 0.3 is 0 Å². The highest BCUT2D eigenvalue weighted by atomic mass is 15.4. The maximum absolute atomic E-state index is 6.20. The third-order valence-corrected chi connectivity index (χ3v) is 4.72. The van der Waals surface area contributed by atoms with Gasteiger partial charge in [0.2, 0.25) is 5.95 Å². The summed E-state index contributed by atoms with van der Waals surface area (Å²) in [5.74, 6) is 0.644. The summed E-state index contributed by atoms with van der Waals surface area (Å²) in [6, 6.07) is 1.28. The van der Waals surface area contributed by atoms with Gasteiger partial charge in [0.25, 0.3) is 0 Å². The van der Waals surface area contributed by atoms with Gasteiger partial charge < -0.3 is 5.73 Å². The van der Waals surface area contributed by atoms with Crippen LogP contribution in [0.3, 0.4) is 0 Å². The van der Waals surface area contributed by atoms with E-state index >= 15 is 0 Å². The topological polar surface area (TPSA) is 64.9 Å². The Bertz CT molecular complexity index is 650. The fourth-order valence-electron chi connectivity index (χ4n) is 3.57. The van der Waals surface area contributed by atoms with Crippen LogP contribution >= 0.6 is 0 Å². The van der Waals surface area contributed by atoms with Crippen LogP contribution in [0.4, 0.5) is 5.95 Å². The highest BCUT2D eigenvalue weighted by Crippen LogP contribution is 2.36.